The van der Waals surface area contributed by atoms with Gasteiger partial charge >= 0.3 is 0 Å². The number of halogens is 2. The van der Waals surface area contributed by atoms with Gasteiger partial charge in [0.05, 0.1) is 5.56 Å². The SMILES string of the molecule is Cc1ccnc(NCc2ccc(F)c(F)c2)c1C#N. The zero-order valence-corrected chi connectivity index (χ0v) is 10.2. The summed E-state index contributed by atoms with van der Waals surface area (Å²) in [6.45, 7) is 2.07. The standard InChI is InChI=1S/C14H11F2N3/c1-9-4-5-18-14(11(9)7-17)19-8-10-2-3-12(15)13(16)6-10/h2-6H,8H2,1H3,(H,18,19). The van der Waals surface area contributed by atoms with Crippen LogP contribution in [-0.2, 0) is 6.54 Å². The van der Waals surface area contributed by atoms with Crippen LogP contribution >= 0.6 is 0 Å². The van der Waals surface area contributed by atoms with E-state index in [-0.39, 0.29) is 6.54 Å². The van der Waals surface area contributed by atoms with Crippen LogP contribution in [0.25, 0.3) is 0 Å². The van der Waals surface area contributed by atoms with Crippen LogP contribution in [0, 0.1) is 29.9 Å². The molecule has 96 valence electrons. The van der Waals surface area contributed by atoms with Crippen molar-refractivity contribution in [1.29, 1.82) is 5.26 Å². The molecule has 0 fully saturated rings. The molecule has 0 atom stereocenters. The molecule has 0 aliphatic heterocycles. The Hall–Kier alpha value is -2.48. The largest absolute Gasteiger partial charge is 0.365 e. The van der Waals surface area contributed by atoms with Crippen molar-refractivity contribution < 1.29 is 8.78 Å². The maximum atomic E-state index is 13.0. The predicted octanol–water partition coefficient (Wildman–Crippen LogP) is 3.15. The van der Waals surface area contributed by atoms with Crippen molar-refractivity contribution in [1.82, 2.24) is 4.98 Å². The summed E-state index contributed by atoms with van der Waals surface area (Å²) in [6.07, 6.45) is 1.59. The summed E-state index contributed by atoms with van der Waals surface area (Å²) >= 11 is 0. The highest BCUT2D eigenvalue weighted by atomic mass is 19.2. The zero-order valence-electron chi connectivity index (χ0n) is 10.2. The average Bonchev–Trinajstić information content (AvgIpc) is 2.40. The zero-order chi connectivity index (χ0) is 13.8. The summed E-state index contributed by atoms with van der Waals surface area (Å²) in [6, 6.07) is 7.46. The van der Waals surface area contributed by atoms with Gasteiger partial charge in [0.2, 0.25) is 0 Å². The first-order valence-electron chi connectivity index (χ1n) is 5.65. The van der Waals surface area contributed by atoms with Gasteiger partial charge in [-0.3, -0.25) is 0 Å². The Morgan fingerprint density at radius 2 is 2.05 bits per heavy atom. The number of aromatic nitrogens is 1. The third kappa shape index (κ3) is 2.86. The second-order valence-electron chi connectivity index (χ2n) is 4.07. The first-order chi connectivity index (χ1) is 9.11. The Kier molecular flexibility index (Phi) is 3.71. The van der Waals surface area contributed by atoms with Crippen LogP contribution in [0.15, 0.2) is 30.5 Å². The third-order valence-corrected chi connectivity index (χ3v) is 2.72. The molecule has 1 aromatic heterocycles. The Balaban J connectivity index is 2.17. The van der Waals surface area contributed by atoms with E-state index in [1.54, 1.807) is 12.3 Å². The number of anilines is 1. The first-order valence-corrected chi connectivity index (χ1v) is 5.65. The summed E-state index contributed by atoms with van der Waals surface area (Å²) in [5.41, 5.74) is 1.83. The minimum absolute atomic E-state index is 0.266. The normalized spacial score (nSPS) is 10.0. The van der Waals surface area contributed by atoms with Gasteiger partial charge in [0.1, 0.15) is 11.9 Å². The molecular weight excluding hydrogens is 248 g/mol. The highest BCUT2D eigenvalue weighted by Crippen LogP contribution is 2.16. The molecule has 1 aromatic carbocycles. The predicted molar refractivity (Wildman–Crippen MR) is 67.4 cm³/mol. The molecule has 3 nitrogen and oxygen atoms in total. The van der Waals surface area contributed by atoms with Crippen LogP contribution in [0.3, 0.4) is 0 Å². The van der Waals surface area contributed by atoms with Crippen molar-refractivity contribution >= 4 is 5.82 Å². The van der Waals surface area contributed by atoms with Crippen LogP contribution in [0.5, 0.6) is 0 Å². The van der Waals surface area contributed by atoms with E-state index in [4.69, 9.17) is 5.26 Å². The van der Waals surface area contributed by atoms with E-state index >= 15 is 0 Å². The molecule has 0 saturated heterocycles. The number of rotatable bonds is 3. The molecule has 0 amide bonds. The minimum Gasteiger partial charge on any atom is -0.365 e. The number of benzene rings is 1. The number of hydrogen-bond donors (Lipinski definition) is 1. The second-order valence-corrected chi connectivity index (χ2v) is 4.07. The van der Waals surface area contributed by atoms with Crippen LogP contribution in [0.2, 0.25) is 0 Å². The van der Waals surface area contributed by atoms with E-state index in [0.717, 1.165) is 17.7 Å². The van der Waals surface area contributed by atoms with Crippen molar-refractivity contribution in [2.24, 2.45) is 0 Å². The monoisotopic (exact) mass is 259 g/mol. The molecule has 0 radical (unpaired) electrons. The molecule has 1 heterocycles. The van der Waals surface area contributed by atoms with Gasteiger partial charge in [-0.1, -0.05) is 6.07 Å². The van der Waals surface area contributed by atoms with E-state index in [1.807, 2.05) is 6.92 Å². The van der Waals surface area contributed by atoms with Crippen molar-refractivity contribution in [3.8, 4) is 6.07 Å². The van der Waals surface area contributed by atoms with Crippen molar-refractivity contribution in [2.75, 3.05) is 5.32 Å². The maximum absolute atomic E-state index is 13.0. The van der Waals surface area contributed by atoms with Gasteiger partial charge in [-0.05, 0) is 36.2 Å². The number of nitrogens with zero attached hydrogens (tertiary/aromatic N) is 2. The van der Waals surface area contributed by atoms with Gasteiger partial charge in [0, 0.05) is 12.7 Å². The lowest BCUT2D eigenvalue weighted by molar-refractivity contribution is 0.507. The van der Waals surface area contributed by atoms with Gasteiger partial charge in [-0.25, -0.2) is 13.8 Å². The van der Waals surface area contributed by atoms with Crippen molar-refractivity contribution in [2.45, 2.75) is 13.5 Å². The molecule has 0 unspecified atom stereocenters. The highest BCUT2D eigenvalue weighted by Gasteiger charge is 2.07. The van der Waals surface area contributed by atoms with Gasteiger partial charge in [0.25, 0.3) is 0 Å². The second kappa shape index (κ2) is 5.44. The average molecular weight is 259 g/mol. The van der Waals surface area contributed by atoms with E-state index in [2.05, 4.69) is 16.4 Å². The maximum Gasteiger partial charge on any atom is 0.159 e. The van der Waals surface area contributed by atoms with E-state index in [0.29, 0.717) is 16.9 Å². The fourth-order valence-corrected chi connectivity index (χ4v) is 1.67. The summed E-state index contributed by atoms with van der Waals surface area (Å²) in [5, 5.41) is 12.0. The first kappa shape index (κ1) is 13.0. The Morgan fingerprint density at radius 1 is 1.26 bits per heavy atom. The van der Waals surface area contributed by atoms with Gasteiger partial charge in [0.15, 0.2) is 11.6 Å². The van der Waals surface area contributed by atoms with Crippen molar-refractivity contribution in [3.05, 3.63) is 58.8 Å². The molecule has 0 aliphatic carbocycles. The number of nitriles is 1. The Labute approximate surface area is 109 Å². The topological polar surface area (TPSA) is 48.7 Å². The molecule has 1 N–H and O–H groups in total. The third-order valence-electron chi connectivity index (χ3n) is 2.72. The number of aryl methyl sites for hydroxylation is 1. The molecule has 2 aromatic rings. The number of nitrogens with one attached hydrogen (secondary N) is 1. The minimum atomic E-state index is -0.892. The molecule has 0 spiro atoms. The summed E-state index contributed by atoms with van der Waals surface area (Å²) in [5.74, 6) is -1.33. The van der Waals surface area contributed by atoms with Crippen molar-refractivity contribution in [3.63, 3.8) is 0 Å². The van der Waals surface area contributed by atoms with E-state index < -0.39 is 11.6 Å². The molecule has 0 bridgehead atoms. The Bertz CT molecular complexity index is 648. The lowest BCUT2D eigenvalue weighted by atomic mass is 10.1. The number of pyridine rings is 1. The molecule has 0 saturated carbocycles. The summed E-state index contributed by atoms with van der Waals surface area (Å²) in [4.78, 5) is 4.06. The molecular formula is C14H11F2N3. The van der Waals surface area contributed by atoms with E-state index in [1.165, 1.54) is 6.07 Å². The van der Waals surface area contributed by atoms with Crippen LogP contribution in [0.4, 0.5) is 14.6 Å². The van der Waals surface area contributed by atoms with Gasteiger partial charge in [-0.2, -0.15) is 5.26 Å². The van der Waals surface area contributed by atoms with Gasteiger partial charge in [-0.15, -0.1) is 0 Å². The summed E-state index contributed by atoms with van der Waals surface area (Å²) < 4.78 is 25.8. The molecule has 0 aliphatic rings. The lowest BCUT2D eigenvalue weighted by Gasteiger charge is -2.08. The van der Waals surface area contributed by atoms with Crippen LogP contribution in [-0.4, -0.2) is 4.98 Å². The molecule has 2 rings (SSSR count). The smallest absolute Gasteiger partial charge is 0.159 e. The fraction of sp³-hybridized carbons (Fsp3) is 0.143. The van der Waals surface area contributed by atoms with Crippen LogP contribution in [0.1, 0.15) is 16.7 Å². The van der Waals surface area contributed by atoms with Crippen LogP contribution < -0.4 is 5.32 Å². The number of hydrogen-bond acceptors (Lipinski definition) is 3. The fourth-order valence-electron chi connectivity index (χ4n) is 1.67. The quantitative estimate of drug-likeness (QED) is 0.921. The lowest BCUT2D eigenvalue weighted by Crippen LogP contribution is -2.05. The highest BCUT2D eigenvalue weighted by molar-refractivity contribution is 5.55. The Morgan fingerprint density at radius 3 is 2.74 bits per heavy atom. The summed E-state index contributed by atoms with van der Waals surface area (Å²) in [7, 11) is 0. The van der Waals surface area contributed by atoms with E-state index in [9.17, 15) is 8.78 Å². The molecule has 5 heteroatoms. The van der Waals surface area contributed by atoms with Gasteiger partial charge < -0.3 is 5.32 Å². The molecule has 19 heavy (non-hydrogen) atoms.